The largest absolute Gasteiger partial charge is 0.299 e. The molecule has 0 bridgehead atoms. The summed E-state index contributed by atoms with van der Waals surface area (Å²) in [5, 5.41) is 0. The van der Waals surface area contributed by atoms with E-state index in [0.29, 0.717) is 11.7 Å². The lowest BCUT2D eigenvalue weighted by atomic mass is 9.83. The third-order valence-electron chi connectivity index (χ3n) is 3.84. The van der Waals surface area contributed by atoms with E-state index in [1.165, 1.54) is 5.56 Å². The highest BCUT2D eigenvalue weighted by atomic mass is 16.1. The van der Waals surface area contributed by atoms with Gasteiger partial charge in [-0.3, -0.25) is 4.79 Å². The Morgan fingerprint density at radius 2 is 1.83 bits per heavy atom. The summed E-state index contributed by atoms with van der Waals surface area (Å²) < 4.78 is 0. The van der Waals surface area contributed by atoms with Crippen LogP contribution in [-0.4, -0.2) is 5.78 Å². The van der Waals surface area contributed by atoms with E-state index in [1.54, 1.807) is 6.08 Å². The fourth-order valence-corrected chi connectivity index (χ4v) is 2.10. The zero-order chi connectivity index (χ0) is 13.5. The highest BCUT2D eigenvalue weighted by Crippen LogP contribution is 2.21. The van der Waals surface area contributed by atoms with Crippen molar-refractivity contribution in [3.05, 3.63) is 48.6 Å². The zero-order valence-electron chi connectivity index (χ0n) is 11.7. The quantitative estimate of drug-likeness (QED) is 0.654. The number of carbonyl (C=O) groups excluding carboxylic acids is 1. The number of Topliss-reactive ketones (excluding diaryl/α,β-unsaturated/α-hetero) is 1. The van der Waals surface area contributed by atoms with Crippen molar-refractivity contribution < 1.29 is 4.79 Å². The number of allylic oxidation sites excluding steroid dienone is 1. The monoisotopic (exact) mass is 244 g/mol. The van der Waals surface area contributed by atoms with Crippen LogP contribution in [0, 0.1) is 17.8 Å². The Bertz CT molecular complexity index is 380. The van der Waals surface area contributed by atoms with E-state index in [-0.39, 0.29) is 11.8 Å². The van der Waals surface area contributed by atoms with Gasteiger partial charge in [-0.1, -0.05) is 57.2 Å². The van der Waals surface area contributed by atoms with Crippen molar-refractivity contribution in [1.82, 2.24) is 0 Å². The Kier molecular flexibility index (Phi) is 5.84. The van der Waals surface area contributed by atoms with E-state index in [1.807, 2.05) is 19.9 Å². The molecule has 0 aliphatic rings. The molecule has 0 radical (unpaired) electrons. The molecule has 3 atom stereocenters. The van der Waals surface area contributed by atoms with E-state index in [2.05, 4.69) is 37.8 Å². The Balaban J connectivity index is 2.47. The first-order valence-corrected chi connectivity index (χ1v) is 6.76. The van der Waals surface area contributed by atoms with E-state index < -0.39 is 0 Å². The minimum atomic E-state index is -0.0285. The number of hydrogen-bond acceptors (Lipinski definition) is 1. The van der Waals surface area contributed by atoms with Crippen molar-refractivity contribution in [2.24, 2.45) is 17.8 Å². The van der Waals surface area contributed by atoms with Crippen LogP contribution in [0.2, 0.25) is 0 Å². The summed E-state index contributed by atoms with van der Waals surface area (Å²) in [6, 6.07) is 10.4. The van der Waals surface area contributed by atoms with Gasteiger partial charge in [-0.25, -0.2) is 0 Å². The molecule has 1 heteroatoms. The predicted octanol–water partition coefficient (Wildman–Crippen LogP) is 4.28. The molecule has 1 nitrogen and oxygen atoms in total. The molecule has 1 aromatic carbocycles. The standard InChI is InChI=1S/C17H24O/c1-5-13(2)17(18)15(4)14(3)11-12-16-9-7-6-8-10-16/h5-10,13-15H,1,11-12H2,2-4H3/t13-,14-,15+/m0/s1. The number of hydrogen-bond donors (Lipinski definition) is 0. The Labute approximate surface area is 111 Å². The highest BCUT2D eigenvalue weighted by molar-refractivity contribution is 5.84. The molecule has 0 saturated heterocycles. The van der Waals surface area contributed by atoms with Gasteiger partial charge >= 0.3 is 0 Å². The molecule has 1 rings (SSSR count). The first-order valence-electron chi connectivity index (χ1n) is 6.76. The third-order valence-corrected chi connectivity index (χ3v) is 3.84. The Hall–Kier alpha value is -1.37. The zero-order valence-corrected chi connectivity index (χ0v) is 11.7. The SMILES string of the molecule is C=C[C@H](C)C(=O)[C@H](C)[C@@H](C)CCc1ccccc1. The molecule has 0 spiro atoms. The molecule has 1 aromatic rings. The molecule has 0 heterocycles. The second kappa shape index (κ2) is 7.15. The maximum absolute atomic E-state index is 12.1. The number of carbonyl (C=O) groups is 1. The van der Waals surface area contributed by atoms with Gasteiger partial charge in [0.25, 0.3) is 0 Å². The van der Waals surface area contributed by atoms with Gasteiger partial charge in [-0.15, -0.1) is 6.58 Å². The van der Waals surface area contributed by atoms with Gasteiger partial charge in [0.1, 0.15) is 5.78 Å². The summed E-state index contributed by atoms with van der Waals surface area (Å²) in [5.74, 6) is 0.812. The summed E-state index contributed by atoms with van der Waals surface area (Å²) in [7, 11) is 0. The van der Waals surface area contributed by atoms with Gasteiger partial charge in [0.05, 0.1) is 0 Å². The van der Waals surface area contributed by atoms with Crippen molar-refractivity contribution >= 4 is 5.78 Å². The second-order valence-corrected chi connectivity index (χ2v) is 5.22. The minimum Gasteiger partial charge on any atom is -0.299 e. The summed E-state index contributed by atoms with van der Waals surface area (Å²) in [5.41, 5.74) is 1.35. The van der Waals surface area contributed by atoms with E-state index >= 15 is 0 Å². The van der Waals surface area contributed by atoms with Crippen LogP contribution in [0.15, 0.2) is 43.0 Å². The van der Waals surface area contributed by atoms with Crippen LogP contribution in [0.3, 0.4) is 0 Å². The van der Waals surface area contributed by atoms with Crippen LogP contribution < -0.4 is 0 Å². The van der Waals surface area contributed by atoms with Gasteiger partial charge in [0, 0.05) is 11.8 Å². The van der Waals surface area contributed by atoms with E-state index in [4.69, 9.17) is 0 Å². The van der Waals surface area contributed by atoms with E-state index in [9.17, 15) is 4.79 Å². The smallest absolute Gasteiger partial charge is 0.142 e. The molecule has 0 N–H and O–H groups in total. The average molecular weight is 244 g/mol. The van der Waals surface area contributed by atoms with Gasteiger partial charge in [-0.05, 0) is 24.3 Å². The van der Waals surface area contributed by atoms with Crippen molar-refractivity contribution in [3.63, 3.8) is 0 Å². The van der Waals surface area contributed by atoms with Gasteiger partial charge < -0.3 is 0 Å². The van der Waals surface area contributed by atoms with Crippen molar-refractivity contribution in [2.75, 3.05) is 0 Å². The number of rotatable bonds is 7. The first kappa shape index (κ1) is 14.7. The van der Waals surface area contributed by atoms with Gasteiger partial charge in [0.2, 0.25) is 0 Å². The average Bonchev–Trinajstić information content (AvgIpc) is 2.43. The van der Waals surface area contributed by atoms with Crippen LogP contribution in [-0.2, 0) is 11.2 Å². The summed E-state index contributed by atoms with van der Waals surface area (Å²) in [6.45, 7) is 9.83. The van der Waals surface area contributed by atoms with Crippen LogP contribution in [0.25, 0.3) is 0 Å². The normalized spacial score (nSPS) is 15.7. The van der Waals surface area contributed by atoms with Crippen LogP contribution >= 0.6 is 0 Å². The first-order chi connectivity index (χ1) is 8.56. The molecule has 0 aliphatic heterocycles. The summed E-state index contributed by atoms with van der Waals surface area (Å²) in [4.78, 5) is 12.1. The van der Waals surface area contributed by atoms with Crippen LogP contribution in [0.1, 0.15) is 32.8 Å². The Morgan fingerprint density at radius 1 is 1.22 bits per heavy atom. The number of ketones is 1. The second-order valence-electron chi connectivity index (χ2n) is 5.22. The minimum absolute atomic E-state index is 0.0285. The molecule has 0 saturated carbocycles. The van der Waals surface area contributed by atoms with Crippen LogP contribution in [0.4, 0.5) is 0 Å². The molecule has 0 aliphatic carbocycles. The topological polar surface area (TPSA) is 17.1 Å². The molecule has 18 heavy (non-hydrogen) atoms. The predicted molar refractivity (Wildman–Crippen MR) is 77.5 cm³/mol. The number of benzene rings is 1. The van der Waals surface area contributed by atoms with Crippen LogP contribution in [0.5, 0.6) is 0 Å². The van der Waals surface area contributed by atoms with Gasteiger partial charge in [-0.2, -0.15) is 0 Å². The number of aryl methyl sites for hydroxylation is 1. The summed E-state index contributed by atoms with van der Waals surface area (Å²) >= 11 is 0. The fraction of sp³-hybridized carbons (Fsp3) is 0.471. The lowest BCUT2D eigenvalue weighted by Gasteiger charge is -2.20. The highest BCUT2D eigenvalue weighted by Gasteiger charge is 2.22. The van der Waals surface area contributed by atoms with Crippen molar-refractivity contribution in [3.8, 4) is 0 Å². The maximum Gasteiger partial charge on any atom is 0.142 e. The molecule has 0 unspecified atom stereocenters. The molecular formula is C17H24O. The summed E-state index contributed by atoms with van der Waals surface area (Å²) in [6.07, 6.45) is 3.84. The maximum atomic E-state index is 12.1. The molecular weight excluding hydrogens is 220 g/mol. The molecule has 0 fully saturated rings. The Morgan fingerprint density at radius 3 is 2.39 bits per heavy atom. The lowest BCUT2D eigenvalue weighted by molar-refractivity contribution is -0.125. The van der Waals surface area contributed by atoms with Crippen molar-refractivity contribution in [2.45, 2.75) is 33.6 Å². The molecule has 0 aromatic heterocycles. The fourth-order valence-electron chi connectivity index (χ4n) is 2.10. The molecule has 98 valence electrons. The van der Waals surface area contributed by atoms with E-state index in [0.717, 1.165) is 12.8 Å². The van der Waals surface area contributed by atoms with Gasteiger partial charge in [0.15, 0.2) is 0 Å². The molecule has 0 amide bonds. The lowest BCUT2D eigenvalue weighted by Crippen LogP contribution is -2.24. The van der Waals surface area contributed by atoms with Crippen molar-refractivity contribution in [1.29, 1.82) is 0 Å². The third kappa shape index (κ3) is 4.14.